The van der Waals surface area contributed by atoms with E-state index in [-0.39, 0.29) is 18.0 Å². The number of nitrogens with one attached hydrogen (secondary N) is 2. The predicted molar refractivity (Wildman–Crippen MR) is 122 cm³/mol. The van der Waals surface area contributed by atoms with Crippen molar-refractivity contribution in [3.8, 4) is 0 Å². The molecule has 0 saturated carbocycles. The summed E-state index contributed by atoms with van der Waals surface area (Å²) in [4.78, 5) is 50.7. The van der Waals surface area contributed by atoms with Crippen LogP contribution in [0.3, 0.4) is 0 Å². The van der Waals surface area contributed by atoms with Crippen LogP contribution < -0.4 is 16.3 Å². The van der Waals surface area contributed by atoms with Crippen molar-refractivity contribution in [3.63, 3.8) is 0 Å². The number of ether oxygens (including phenoxy) is 1. The summed E-state index contributed by atoms with van der Waals surface area (Å²) in [5, 5.41) is 4.80. The number of alkyl carbamates (subject to hydrolysis) is 1. The van der Waals surface area contributed by atoms with Crippen LogP contribution in [-0.4, -0.2) is 65.2 Å². The van der Waals surface area contributed by atoms with Gasteiger partial charge in [-0.2, -0.15) is 0 Å². The number of carbonyl (C=O) groups excluding carboxylic acids is 3. The molecule has 2 fully saturated rings. The standard InChI is InChI=1S/C23H31N5O5/c1-24-22(31)33-14-4-11-27-12-9-15(10-13-27)16-5-3-6-17-20(16)26(2)23(32)28(17)18-7-8-19(29)25-21(18)30/h3,5-6,15,18H,4,7-14H2,1-2H3,(H,24,31)(H,25,29,30). The first-order chi connectivity index (χ1) is 15.9. The van der Waals surface area contributed by atoms with E-state index in [0.717, 1.165) is 55.5 Å². The van der Waals surface area contributed by atoms with Crippen LogP contribution in [0, 0.1) is 0 Å². The summed E-state index contributed by atoms with van der Waals surface area (Å²) in [6.45, 7) is 3.14. The van der Waals surface area contributed by atoms with Gasteiger partial charge in [-0.3, -0.25) is 24.0 Å². The van der Waals surface area contributed by atoms with Gasteiger partial charge in [-0.15, -0.1) is 0 Å². The summed E-state index contributed by atoms with van der Waals surface area (Å²) in [6, 6.07) is 5.23. The third kappa shape index (κ3) is 4.66. The lowest BCUT2D eigenvalue weighted by molar-refractivity contribution is -0.135. The first-order valence-corrected chi connectivity index (χ1v) is 11.5. The molecule has 3 heterocycles. The van der Waals surface area contributed by atoms with Gasteiger partial charge in [0.15, 0.2) is 0 Å². The summed E-state index contributed by atoms with van der Waals surface area (Å²) >= 11 is 0. The van der Waals surface area contributed by atoms with E-state index >= 15 is 0 Å². The van der Waals surface area contributed by atoms with Crippen molar-refractivity contribution in [2.24, 2.45) is 7.05 Å². The number of amides is 3. The van der Waals surface area contributed by atoms with E-state index in [2.05, 4.69) is 21.6 Å². The minimum Gasteiger partial charge on any atom is -0.450 e. The van der Waals surface area contributed by atoms with Gasteiger partial charge < -0.3 is 15.0 Å². The topological polar surface area (TPSA) is 115 Å². The van der Waals surface area contributed by atoms with E-state index in [9.17, 15) is 19.2 Å². The summed E-state index contributed by atoms with van der Waals surface area (Å²) in [5.74, 6) is -0.396. The third-order valence-electron chi connectivity index (χ3n) is 6.74. The van der Waals surface area contributed by atoms with Gasteiger partial charge in [-0.25, -0.2) is 9.59 Å². The Morgan fingerprint density at radius 2 is 1.94 bits per heavy atom. The summed E-state index contributed by atoms with van der Waals surface area (Å²) in [6.07, 6.45) is 2.87. The molecule has 10 heteroatoms. The molecule has 1 aromatic heterocycles. The molecule has 2 aliphatic heterocycles. The minimum atomic E-state index is -0.673. The quantitative estimate of drug-likeness (QED) is 0.498. The van der Waals surface area contributed by atoms with Crippen molar-refractivity contribution in [1.29, 1.82) is 0 Å². The molecule has 4 rings (SSSR count). The molecule has 0 aliphatic carbocycles. The molecule has 0 spiro atoms. The molecule has 10 nitrogen and oxygen atoms in total. The molecular formula is C23H31N5O5. The van der Waals surface area contributed by atoms with E-state index in [1.165, 1.54) is 0 Å². The molecule has 2 N–H and O–H groups in total. The van der Waals surface area contributed by atoms with Crippen molar-refractivity contribution in [1.82, 2.24) is 24.7 Å². The fourth-order valence-electron chi connectivity index (χ4n) is 5.02. The van der Waals surface area contributed by atoms with Gasteiger partial charge in [0.05, 0.1) is 17.6 Å². The Morgan fingerprint density at radius 1 is 1.18 bits per heavy atom. The van der Waals surface area contributed by atoms with Gasteiger partial charge >= 0.3 is 11.8 Å². The number of aryl methyl sites for hydroxylation is 1. The maximum Gasteiger partial charge on any atom is 0.406 e. The van der Waals surface area contributed by atoms with E-state index in [1.54, 1.807) is 23.2 Å². The number of para-hydroxylation sites is 1. The second kappa shape index (κ2) is 9.78. The smallest absolute Gasteiger partial charge is 0.406 e. The Hall–Kier alpha value is -3.14. The van der Waals surface area contributed by atoms with Crippen LogP contribution in [0.25, 0.3) is 11.0 Å². The number of rotatable bonds is 6. The minimum absolute atomic E-state index is 0.228. The van der Waals surface area contributed by atoms with Crippen molar-refractivity contribution in [2.75, 3.05) is 33.3 Å². The lowest BCUT2D eigenvalue weighted by Gasteiger charge is -2.32. The van der Waals surface area contributed by atoms with Gasteiger partial charge in [-0.1, -0.05) is 12.1 Å². The Labute approximate surface area is 191 Å². The second-order valence-corrected chi connectivity index (χ2v) is 8.75. The average Bonchev–Trinajstić information content (AvgIpc) is 3.07. The molecule has 178 valence electrons. The SMILES string of the molecule is CNC(=O)OCCCN1CCC(c2cccc3c2n(C)c(=O)n3C2CCC(=O)NC2=O)CC1. The van der Waals surface area contributed by atoms with Gasteiger partial charge in [0.1, 0.15) is 6.04 Å². The zero-order valence-corrected chi connectivity index (χ0v) is 19.1. The van der Waals surface area contributed by atoms with Crippen LogP contribution in [0.5, 0.6) is 0 Å². The second-order valence-electron chi connectivity index (χ2n) is 8.75. The highest BCUT2D eigenvalue weighted by Gasteiger charge is 2.32. The van der Waals surface area contributed by atoms with Crippen molar-refractivity contribution < 1.29 is 19.1 Å². The van der Waals surface area contributed by atoms with E-state index < -0.39 is 18.0 Å². The van der Waals surface area contributed by atoms with Crippen LogP contribution >= 0.6 is 0 Å². The molecule has 33 heavy (non-hydrogen) atoms. The number of imidazole rings is 1. The number of hydrogen-bond donors (Lipinski definition) is 2. The number of fused-ring (bicyclic) bond motifs is 1. The fraction of sp³-hybridized carbons (Fsp3) is 0.565. The van der Waals surface area contributed by atoms with Crippen LogP contribution in [-0.2, 0) is 21.4 Å². The number of carbonyl (C=O) groups is 3. The molecule has 2 aliphatic rings. The van der Waals surface area contributed by atoms with Gasteiger partial charge in [0, 0.05) is 27.1 Å². The summed E-state index contributed by atoms with van der Waals surface area (Å²) in [7, 11) is 3.29. The maximum absolute atomic E-state index is 13.1. The molecule has 1 aromatic carbocycles. The Bertz CT molecular complexity index is 1110. The van der Waals surface area contributed by atoms with Crippen molar-refractivity contribution in [3.05, 3.63) is 34.2 Å². The van der Waals surface area contributed by atoms with Gasteiger partial charge in [-0.05, 0) is 56.3 Å². The molecule has 1 unspecified atom stereocenters. The Morgan fingerprint density at radius 3 is 2.64 bits per heavy atom. The lowest BCUT2D eigenvalue weighted by Crippen LogP contribution is -2.44. The van der Waals surface area contributed by atoms with Gasteiger partial charge in [0.25, 0.3) is 0 Å². The Balaban J connectivity index is 1.49. The highest BCUT2D eigenvalue weighted by molar-refractivity contribution is 6.00. The van der Waals surface area contributed by atoms with Crippen LogP contribution in [0.4, 0.5) is 4.79 Å². The Kier molecular flexibility index (Phi) is 6.83. The number of benzene rings is 1. The predicted octanol–water partition coefficient (Wildman–Crippen LogP) is 1.24. The largest absolute Gasteiger partial charge is 0.450 e. The number of nitrogens with zero attached hydrogens (tertiary/aromatic N) is 3. The molecule has 2 saturated heterocycles. The van der Waals surface area contributed by atoms with Crippen LogP contribution in [0.1, 0.15) is 49.6 Å². The zero-order chi connectivity index (χ0) is 23.5. The molecule has 1 atom stereocenters. The number of imide groups is 1. The fourth-order valence-corrected chi connectivity index (χ4v) is 5.02. The van der Waals surface area contributed by atoms with Gasteiger partial charge in [0.2, 0.25) is 11.8 Å². The molecule has 2 aromatic rings. The van der Waals surface area contributed by atoms with E-state index in [1.807, 2.05) is 12.1 Å². The third-order valence-corrected chi connectivity index (χ3v) is 6.74. The monoisotopic (exact) mass is 457 g/mol. The van der Waals surface area contributed by atoms with Crippen molar-refractivity contribution in [2.45, 2.75) is 44.1 Å². The van der Waals surface area contributed by atoms with E-state index in [4.69, 9.17) is 4.74 Å². The first-order valence-electron chi connectivity index (χ1n) is 11.5. The molecule has 0 radical (unpaired) electrons. The molecule has 3 amide bonds. The lowest BCUT2D eigenvalue weighted by atomic mass is 9.88. The van der Waals surface area contributed by atoms with Crippen LogP contribution in [0.2, 0.25) is 0 Å². The summed E-state index contributed by atoms with van der Waals surface area (Å²) < 4.78 is 8.23. The number of likely N-dealkylation sites (tertiary alicyclic amines) is 1. The van der Waals surface area contributed by atoms with Crippen molar-refractivity contribution >= 4 is 28.9 Å². The van der Waals surface area contributed by atoms with Crippen LogP contribution in [0.15, 0.2) is 23.0 Å². The average molecular weight is 458 g/mol. The number of piperidine rings is 2. The first kappa shape index (κ1) is 23.0. The molecule has 0 bridgehead atoms. The summed E-state index contributed by atoms with van der Waals surface area (Å²) in [5.41, 5.74) is 2.49. The molecular weight excluding hydrogens is 426 g/mol. The number of aromatic nitrogens is 2. The number of hydrogen-bond acceptors (Lipinski definition) is 6. The maximum atomic E-state index is 13.1. The van der Waals surface area contributed by atoms with E-state index in [0.29, 0.717) is 18.9 Å². The highest BCUT2D eigenvalue weighted by Crippen LogP contribution is 2.34. The zero-order valence-electron chi connectivity index (χ0n) is 19.1. The highest BCUT2D eigenvalue weighted by atomic mass is 16.5. The normalized spacial score (nSPS) is 20.1.